The molecule has 0 bridgehead atoms. The minimum Gasteiger partial charge on any atom is -0.337 e. The molecule has 0 radical (unpaired) electrons. The molecule has 0 spiro atoms. The Labute approximate surface area is 131 Å². The van der Waals surface area contributed by atoms with Gasteiger partial charge in [0.2, 0.25) is 0 Å². The van der Waals surface area contributed by atoms with Gasteiger partial charge in [-0.25, -0.2) is 4.98 Å². The number of aryl methyl sites for hydroxylation is 2. The summed E-state index contributed by atoms with van der Waals surface area (Å²) in [6, 6.07) is 0.470. The van der Waals surface area contributed by atoms with Gasteiger partial charge in [0.1, 0.15) is 0 Å². The highest BCUT2D eigenvalue weighted by atomic mass is 15.3. The second-order valence-corrected chi connectivity index (χ2v) is 6.69. The van der Waals surface area contributed by atoms with Crippen LogP contribution in [-0.4, -0.2) is 50.4 Å². The van der Waals surface area contributed by atoms with E-state index in [0.717, 1.165) is 26.2 Å². The SMILES string of the molecule is CN1C[C@@H](NCc2cnn3c2CCC3)[C@H](c2cncn2C)C1. The normalized spacial score (nSPS) is 25.0. The van der Waals surface area contributed by atoms with Crippen LogP contribution in [0.1, 0.15) is 29.3 Å². The van der Waals surface area contributed by atoms with Crippen LogP contribution < -0.4 is 5.32 Å². The summed E-state index contributed by atoms with van der Waals surface area (Å²) in [5.41, 5.74) is 4.12. The summed E-state index contributed by atoms with van der Waals surface area (Å²) in [5, 5.41) is 8.27. The summed E-state index contributed by atoms with van der Waals surface area (Å²) in [7, 11) is 4.28. The van der Waals surface area contributed by atoms with Crippen LogP contribution >= 0.6 is 0 Å². The van der Waals surface area contributed by atoms with E-state index in [2.05, 4.69) is 43.6 Å². The van der Waals surface area contributed by atoms with E-state index in [0.29, 0.717) is 12.0 Å². The van der Waals surface area contributed by atoms with Gasteiger partial charge in [-0.1, -0.05) is 0 Å². The second kappa shape index (κ2) is 5.52. The predicted molar refractivity (Wildman–Crippen MR) is 84.6 cm³/mol. The Morgan fingerprint density at radius 2 is 2.18 bits per heavy atom. The zero-order valence-corrected chi connectivity index (χ0v) is 13.4. The molecule has 118 valence electrons. The van der Waals surface area contributed by atoms with E-state index in [4.69, 9.17) is 0 Å². The highest BCUT2D eigenvalue weighted by molar-refractivity contribution is 5.21. The standard InChI is InChI=1S/C16H24N6/c1-20-9-13(16-8-17-11-21(16)2)14(10-20)18-6-12-7-19-22-5-3-4-15(12)22/h7-8,11,13-14,18H,3-6,9-10H2,1-2H3/t13-,14-/m1/s1. The van der Waals surface area contributed by atoms with Crippen LogP contribution in [0.2, 0.25) is 0 Å². The molecule has 2 atom stereocenters. The van der Waals surface area contributed by atoms with E-state index >= 15 is 0 Å². The lowest BCUT2D eigenvalue weighted by atomic mass is 10.00. The second-order valence-electron chi connectivity index (χ2n) is 6.69. The van der Waals surface area contributed by atoms with Crippen molar-refractivity contribution in [2.75, 3.05) is 20.1 Å². The molecule has 4 heterocycles. The fraction of sp³-hybridized carbons (Fsp3) is 0.625. The summed E-state index contributed by atoms with van der Waals surface area (Å²) in [6.07, 6.45) is 8.36. The maximum Gasteiger partial charge on any atom is 0.0945 e. The summed E-state index contributed by atoms with van der Waals surface area (Å²) in [4.78, 5) is 6.69. The Balaban J connectivity index is 1.48. The van der Waals surface area contributed by atoms with Crippen LogP contribution in [0.25, 0.3) is 0 Å². The Bertz CT molecular complexity index is 657. The van der Waals surface area contributed by atoms with E-state index in [1.807, 2.05) is 18.7 Å². The molecule has 6 nitrogen and oxygen atoms in total. The smallest absolute Gasteiger partial charge is 0.0945 e. The first-order valence-corrected chi connectivity index (χ1v) is 8.14. The summed E-state index contributed by atoms with van der Waals surface area (Å²) in [6.45, 7) is 4.17. The maximum absolute atomic E-state index is 4.49. The number of imidazole rings is 1. The van der Waals surface area contributed by atoms with Crippen molar-refractivity contribution < 1.29 is 0 Å². The number of likely N-dealkylation sites (tertiary alicyclic amines) is 1. The first kappa shape index (κ1) is 14.0. The van der Waals surface area contributed by atoms with Crippen molar-refractivity contribution in [3.63, 3.8) is 0 Å². The fourth-order valence-corrected chi connectivity index (χ4v) is 3.95. The molecule has 0 aliphatic carbocycles. The molecule has 1 N–H and O–H groups in total. The fourth-order valence-electron chi connectivity index (χ4n) is 3.95. The van der Waals surface area contributed by atoms with Crippen LogP contribution in [0.5, 0.6) is 0 Å². The molecule has 2 aliphatic rings. The molecule has 1 fully saturated rings. The maximum atomic E-state index is 4.49. The molecule has 0 amide bonds. The molecular weight excluding hydrogens is 276 g/mol. The number of nitrogens with zero attached hydrogens (tertiary/aromatic N) is 5. The molecular formula is C16H24N6. The van der Waals surface area contributed by atoms with Crippen molar-refractivity contribution in [3.05, 3.63) is 35.7 Å². The Kier molecular flexibility index (Phi) is 3.50. The summed E-state index contributed by atoms with van der Waals surface area (Å²) >= 11 is 0. The van der Waals surface area contributed by atoms with Crippen molar-refractivity contribution in [2.24, 2.45) is 7.05 Å². The molecule has 0 unspecified atom stereocenters. The number of rotatable bonds is 4. The Morgan fingerprint density at radius 1 is 1.27 bits per heavy atom. The van der Waals surface area contributed by atoms with Gasteiger partial charge in [-0.2, -0.15) is 5.10 Å². The first-order chi connectivity index (χ1) is 10.7. The van der Waals surface area contributed by atoms with E-state index in [1.165, 1.54) is 29.8 Å². The number of hydrogen-bond donors (Lipinski definition) is 1. The van der Waals surface area contributed by atoms with E-state index < -0.39 is 0 Å². The zero-order valence-electron chi connectivity index (χ0n) is 13.4. The molecule has 22 heavy (non-hydrogen) atoms. The van der Waals surface area contributed by atoms with Crippen LogP contribution in [0.3, 0.4) is 0 Å². The third-order valence-corrected chi connectivity index (χ3v) is 5.11. The van der Waals surface area contributed by atoms with Crippen LogP contribution in [0, 0.1) is 0 Å². The number of fused-ring (bicyclic) bond motifs is 1. The van der Waals surface area contributed by atoms with Crippen molar-refractivity contribution in [1.29, 1.82) is 0 Å². The lowest BCUT2D eigenvalue weighted by Crippen LogP contribution is -2.35. The predicted octanol–water partition coefficient (Wildman–Crippen LogP) is 0.750. The third-order valence-electron chi connectivity index (χ3n) is 5.11. The number of likely N-dealkylation sites (N-methyl/N-ethyl adjacent to an activating group) is 1. The Morgan fingerprint density at radius 3 is 3.00 bits per heavy atom. The monoisotopic (exact) mass is 300 g/mol. The van der Waals surface area contributed by atoms with Crippen molar-refractivity contribution >= 4 is 0 Å². The third kappa shape index (κ3) is 2.36. The molecule has 2 aromatic heterocycles. The largest absolute Gasteiger partial charge is 0.337 e. The van der Waals surface area contributed by atoms with E-state index in [-0.39, 0.29) is 0 Å². The summed E-state index contributed by atoms with van der Waals surface area (Å²) in [5.74, 6) is 0.501. The molecule has 0 aromatic carbocycles. The average Bonchev–Trinajstić information content (AvgIpc) is 3.21. The van der Waals surface area contributed by atoms with Crippen molar-refractivity contribution in [1.82, 2.24) is 29.5 Å². The molecule has 4 rings (SSSR count). The Hall–Kier alpha value is -1.66. The number of hydrogen-bond acceptors (Lipinski definition) is 4. The minimum absolute atomic E-state index is 0.470. The average molecular weight is 300 g/mol. The van der Waals surface area contributed by atoms with Gasteiger partial charge in [0, 0.05) is 68.3 Å². The topological polar surface area (TPSA) is 50.9 Å². The van der Waals surface area contributed by atoms with Gasteiger partial charge >= 0.3 is 0 Å². The van der Waals surface area contributed by atoms with Gasteiger partial charge in [-0.05, 0) is 19.9 Å². The molecule has 6 heteroatoms. The van der Waals surface area contributed by atoms with Crippen LogP contribution in [0.4, 0.5) is 0 Å². The number of aromatic nitrogens is 4. The minimum atomic E-state index is 0.470. The van der Waals surface area contributed by atoms with E-state index in [9.17, 15) is 0 Å². The first-order valence-electron chi connectivity index (χ1n) is 8.14. The van der Waals surface area contributed by atoms with Crippen molar-refractivity contribution in [2.45, 2.75) is 37.9 Å². The van der Waals surface area contributed by atoms with Gasteiger partial charge < -0.3 is 14.8 Å². The van der Waals surface area contributed by atoms with Crippen molar-refractivity contribution in [3.8, 4) is 0 Å². The van der Waals surface area contributed by atoms with Crippen LogP contribution in [-0.2, 0) is 26.6 Å². The van der Waals surface area contributed by atoms with Crippen LogP contribution in [0.15, 0.2) is 18.7 Å². The molecule has 0 saturated carbocycles. The number of nitrogens with one attached hydrogen (secondary N) is 1. The molecule has 2 aromatic rings. The van der Waals surface area contributed by atoms with Gasteiger partial charge in [0.15, 0.2) is 0 Å². The van der Waals surface area contributed by atoms with Gasteiger partial charge in [-0.3, -0.25) is 4.68 Å². The van der Waals surface area contributed by atoms with Gasteiger partial charge in [0.05, 0.1) is 12.5 Å². The lowest BCUT2D eigenvalue weighted by Gasteiger charge is -2.20. The van der Waals surface area contributed by atoms with Gasteiger partial charge in [0.25, 0.3) is 0 Å². The zero-order chi connectivity index (χ0) is 15.1. The van der Waals surface area contributed by atoms with E-state index in [1.54, 1.807) is 0 Å². The summed E-state index contributed by atoms with van der Waals surface area (Å²) < 4.78 is 4.31. The quantitative estimate of drug-likeness (QED) is 0.905. The molecule has 2 aliphatic heterocycles. The highest BCUT2D eigenvalue weighted by Crippen LogP contribution is 2.27. The van der Waals surface area contributed by atoms with Gasteiger partial charge in [-0.15, -0.1) is 0 Å². The molecule has 1 saturated heterocycles. The lowest BCUT2D eigenvalue weighted by molar-refractivity contribution is 0.397. The highest BCUT2D eigenvalue weighted by Gasteiger charge is 2.33.